The van der Waals surface area contributed by atoms with Crippen LogP contribution in [0.25, 0.3) is 11.0 Å². The van der Waals surface area contributed by atoms with Gasteiger partial charge < -0.3 is 10.2 Å². The highest BCUT2D eigenvalue weighted by atomic mass is 16.2. The minimum absolute atomic E-state index is 0.139. The predicted octanol–water partition coefficient (Wildman–Crippen LogP) is 2.78. The normalized spacial score (nSPS) is 22.0. The Morgan fingerprint density at radius 1 is 1.35 bits per heavy atom. The summed E-state index contributed by atoms with van der Waals surface area (Å²) in [4.78, 5) is 23.2. The Morgan fingerprint density at radius 3 is 2.73 bits per heavy atom. The van der Waals surface area contributed by atoms with Gasteiger partial charge in [-0.2, -0.15) is 5.10 Å². The third-order valence-corrected chi connectivity index (χ3v) is 5.96. The SMILES string of the molecule is CCC(=O)N1CC(Nc2ncnc3c2cnn3C(C)(C)C)C2(CCC2)C1. The van der Waals surface area contributed by atoms with Crippen molar-refractivity contribution < 1.29 is 4.79 Å². The first-order valence-electron chi connectivity index (χ1n) is 9.57. The van der Waals surface area contributed by atoms with Crippen molar-refractivity contribution in [1.82, 2.24) is 24.6 Å². The zero-order chi connectivity index (χ0) is 18.5. The molecule has 1 unspecified atom stereocenters. The molecule has 2 aromatic rings. The number of fused-ring (bicyclic) bond motifs is 1. The number of likely N-dealkylation sites (tertiary alicyclic amines) is 1. The average molecular weight is 356 g/mol. The smallest absolute Gasteiger partial charge is 0.222 e. The molecule has 2 aromatic heterocycles. The molecule has 1 aliphatic carbocycles. The van der Waals surface area contributed by atoms with Gasteiger partial charge in [-0.25, -0.2) is 14.6 Å². The number of nitrogens with one attached hydrogen (secondary N) is 1. The summed E-state index contributed by atoms with van der Waals surface area (Å²) in [6, 6.07) is 0.239. The Kier molecular flexibility index (Phi) is 3.93. The first-order chi connectivity index (χ1) is 12.3. The van der Waals surface area contributed by atoms with Gasteiger partial charge in [-0.15, -0.1) is 0 Å². The van der Waals surface area contributed by atoms with E-state index in [0.29, 0.717) is 6.42 Å². The van der Waals surface area contributed by atoms with Crippen LogP contribution in [0.2, 0.25) is 0 Å². The van der Waals surface area contributed by atoms with Crippen LogP contribution in [0.5, 0.6) is 0 Å². The summed E-state index contributed by atoms with van der Waals surface area (Å²) in [5.41, 5.74) is 0.903. The van der Waals surface area contributed by atoms with Crippen LogP contribution < -0.4 is 5.32 Å². The molecule has 140 valence electrons. The van der Waals surface area contributed by atoms with Crippen molar-refractivity contribution >= 4 is 22.8 Å². The predicted molar refractivity (Wildman–Crippen MR) is 101 cm³/mol. The maximum atomic E-state index is 12.2. The lowest BCUT2D eigenvalue weighted by Crippen LogP contribution is -2.44. The third kappa shape index (κ3) is 2.64. The number of amides is 1. The standard InChI is InChI=1S/C19H28N6O/c1-5-15(26)24-10-14(19(11-24)7-6-8-19)23-16-13-9-22-25(18(2,3)4)17(13)21-12-20-16/h9,12,14H,5-8,10-11H2,1-4H3,(H,20,21,23). The molecule has 1 saturated heterocycles. The lowest BCUT2D eigenvalue weighted by Gasteiger charge is -2.42. The van der Waals surface area contributed by atoms with Gasteiger partial charge in [0.2, 0.25) is 5.91 Å². The maximum absolute atomic E-state index is 12.2. The molecule has 2 aliphatic rings. The van der Waals surface area contributed by atoms with Gasteiger partial charge in [0.25, 0.3) is 0 Å². The molecule has 7 heteroatoms. The molecule has 1 spiro atoms. The number of hydrogen-bond donors (Lipinski definition) is 1. The average Bonchev–Trinajstić information content (AvgIpc) is 3.15. The van der Waals surface area contributed by atoms with Crippen LogP contribution >= 0.6 is 0 Å². The summed E-state index contributed by atoms with van der Waals surface area (Å²) >= 11 is 0. The number of nitrogens with zero attached hydrogens (tertiary/aromatic N) is 5. The third-order valence-electron chi connectivity index (χ3n) is 5.96. The molecule has 1 atom stereocenters. The van der Waals surface area contributed by atoms with Gasteiger partial charge in [-0.3, -0.25) is 4.79 Å². The van der Waals surface area contributed by atoms with Gasteiger partial charge in [0, 0.05) is 24.9 Å². The van der Waals surface area contributed by atoms with Gasteiger partial charge in [0.15, 0.2) is 5.65 Å². The van der Waals surface area contributed by atoms with Crippen LogP contribution in [0.15, 0.2) is 12.5 Å². The molecule has 4 rings (SSSR count). The summed E-state index contributed by atoms with van der Waals surface area (Å²) in [5.74, 6) is 1.07. The van der Waals surface area contributed by atoms with Crippen LogP contribution in [-0.4, -0.2) is 49.7 Å². The maximum Gasteiger partial charge on any atom is 0.222 e. The van der Waals surface area contributed by atoms with Gasteiger partial charge in [0.05, 0.1) is 23.2 Å². The second kappa shape index (κ2) is 5.93. The Bertz CT molecular complexity index is 832. The van der Waals surface area contributed by atoms with Crippen molar-refractivity contribution in [1.29, 1.82) is 0 Å². The van der Waals surface area contributed by atoms with Gasteiger partial charge in [-0.1, -0.05) is 13.3 Å². The second-order valence-electron chi connectivity index (χ2n) is 8.73. The van der Waals surface area contributed by atoms with Crippen molar-refractivity contribution in [2.45, 2.75) is 65.0 Å². The van der Waals surface area contributed by atoms with E-state index in [-0.39, 0.29) is 22.9 Å². The lowest BCUT2D eigenvalue weighted by atomic mass is 9.65. The highest BCUT2D eigenvalue weighted by Gasteiger charge is 2.51. The fourth-order valence-corrected chi connectivity index (χ4v) is 4.33. The molecular formula is C19H28N6O. The quantitative estimate of drug-likeness (QED) is 0.915. The number of hydrogen-bond acceptors (Lipinski definition) is 5. The minimum Gasteiger partial charge on any atom is -0.364 e. The Labute approximate surface area is 154 Å². The Balaban J connectivity index is 1.65. The monoisotopic (exact) mass is 356 g/mol. The second-order valence-corrected chi connectivity index (χ2v) is 8.73. The van der Waals surface area contributed by atoms with Crippen LogP contribution in [0.4, 0.5) is 5.82 Å². The molecule has 26 heavy (non-hydrogen) atoms. The highest BCUT2D eigenvalue weighted by Crippen LogP contribution is 2.49. The van der Waals surface area contributed by atoms with Gasteiger partial charge >= 0.3 is 0 Å². The largest absolute Gasteiger partial charge is 0.364 e. The van der Waals surface area contributed by atoms with Crippen molar-refractivity contribution in [3.63, 3.8) is 0 Å². The molecule has 1 saturated carbocycles. The van der Waals surface area contributed by atoms with Crippen molar-refractivity contribution in [2.75, 3.05) is 18.4 Å². The summed E-state index contributed by atoms with van der Waals surface area (Å²) in [5, 5.41) is 9.13. The number of carbonyl (C=O) groups is 1. The van der Waals surface area contributed by atoms with E-state index in [1.54, 1.807) is 6.33 Å². The van der Waals surface area contributed by atoms with Crippen LogP contribution in [-0.2, 0) is 10.3 Å². The number of anilines is 1. The Hall–Kier alpha value is -2.18. The molecule has 1 N–H and O–H groups in total. The molecule has 3 heterocycles. The number of carbonyl (C=O) groups excluding carboxylic acids is 1. The summed E-state index contributed by atoms with van der Waals surface area (Å²) < 4.78 is 1.94. The molecule has 0 bridgehead atoms. The van der Waals surface area contributed by atoms with Gasteiger partial charge in [-0.05, 0) is 33.6 Å². The van der Waals surface area contributed by atoms with Crippen LogP contribution in [0, 0.1) is 5.41 Å². The molecule has 1 aliphatic heterocycles. The van der Waals surface area contributed by atoms with Crippen molar-refractivity contribution in [2.24, 2.45) is 5.41 Å². The molecule has 0 radical (unpaired) electrons. The number of rotatable bonds is 3. The van der Waals surface area contributed by atoms with Crippen LogP contribution in [0.3, 0.4) is 0 Å². The van der Waals surface area contributed by atoms with E-state index in [4.69, 9.17) is 0 Å². The van der Waals surface area contributed by atoms with E-state index >= 15 is 0 Å². The Morgan fingerprint density at radius 2 is 2.12 bits per heavy atom. The molecule has 0 aromatic carbocycles. The fourth-order valence-electron chi connectivity index (χ4n) is 4.33. The fraction of sp³-hybridized carbons (Fsp3) is 0.684. The van der Waals surface area contributed by atoms with E-state index in [0.717, 1.165) is 29.9 Å². The topological polar surface area (TPSA) is 75.9 Å². The van der Waals surface area contributed by atoms with E-state index in [1.165, 1.54) is 19.3 Å². The zero-order valence-corrected chi connectivity index (χ0v) is 16.1. The summed E-state index contributed by atoms with van der Waals surface area (Å²) in [6.45, 7) is 9.90. The lowest BCUT2D eigenvalue weighted by molar-refractivity contribution is -0.130. The van der Waals surface area contributed by atoms with Crippen molar-refractivity contribution in [3.05, 3.63) is 12.5 Å². The van der Waals surface area contributed by atoms with Crippen molar-refractivity contribution in [3.8, 4) is 0 Å². The molecular weight excluding hydrogens is 328 g/mol. The van der Waals surface area contributed by atoms with E-state index < -0.39 is 0 Å². The van der Waals surface area contributed by atoms with E-state index in [2.05, 4.69) is 41.2 Å². The zero-order valence-electron chi connectivity index (χ0n) is 16.1. The summed E-state index contributed by atoms with van der Waals surface area (Å²) in [7, 11) is 0. The van der Waals surface area contributed by atoms with E-state index in [9.17, 15) is 4.79 Å². The van der Waals surface area contributed by atoms with Gasteiger partial charge in [0.1, 0.15) is 12.1 Å². The highest BCUT2D eigenvalue weighted by molar-refractivity contribution is 5.86. The minimum atomic E-state index is -0.139. The first kappa shape index (κ1) is 17.2. The molecule has 1 amide bonds. The molecule has 2 fully saturated rings. The molecule has 7 nitrogen and oxygen atoms in total. The first-order valence-corrected chi connectivity index (χ1v) is 9.57. The van der Waals surface area contributed by atoms with Crippen LogP contribution in [0.1, 0.15) is 53.4 Å². The number of aromatic nitrogens is 4. The van der Waals surface area contributed by atoms with E-state index in [1.807, 2.05) is 22.7 Å². The summed E-state index contributed by atoms with van der Waals surface area (Å²) in [6.07, 6.45) is 7.61.